The molecule has 0 fully saturated rings. The number of phenolic OH excluding ortho intramolecular Hbond substituents is 2. The zero-order chi connectivity index (χ0) is 44.7. The first-order valence-corrected chi connectivity index (χ1v) is 18.7. The number of hydrazine groups is 2. The fourth-order valence-corrected chi connectivity index (χ4v) is 5.93. The molecule has 320 valence electrons. The van der Waals surface area contributed by atoms with Gasteiger partial charge in [0.1, 0.15) is 11.5 Å². The third-order valence-corrected chi connectivity index (χ3v) is 10.3. The van der Waals surface area contributed by atoms with E-state index in [-0.39, 0.29) is 47.4 Å². The zero-order valence-electron chi connectivity index (χ0n) is 31.8. The minimum Gasteiger partial charge on any atom is -0.506 e. The standard InChI is InChI=1S/C20H19Cl2N3O4.C13H14ClNO3.C7H7ClN2O2.CH4/c1-10-12(4-6-16(23-3)18(10)22)8-14(11(2)26)20(29)25-24-19(28)13-5-7-17(27)15(21)9-13;1-7-9(4-5-11(15-3)12(7)14)6-10(8(2)16)13(17)18;8-5-3-4(7(12)10-9)1-2-6(5)11;/h4-7,9,11,14,26-27H,8H2,1-2H3,(H,24,28)(H,25,29);4-5,8,10,16H,6H2,1-2H3,(H,17,18);1-3,11H,9H2,(H,10,12);1H4/t11-,14+;8-,10+;;/m00../s1. The summed E-state index contributed by atoms with van der Waals surface area (Å²) in [6.45, 7) is 20.4. The van der Waals surface area contributed by atoms with Crippen LogP contribution in [0.2, 0.25) is 20.1 Å². The van der Waals surface area contributed by atoms with Crippen LogP contribution in [0.1, 0.15) is 64.2 Å². The second-order valence-corrected chi connectivity index (χ2v) is 14.3. The van der Waals surface area contributed by atoms with Crippen molar-refractivity contribution in [3.8, 4) is 11.5 Å². The van der Waals surface area contributed by atoms with Gasteiger partial charge in [0.25, 0.3) is 11.8 Å². The largest absolute Gasteiger partial charge is 0.506 e. The molecule has 4 rings (SSSR count). The number of hydrogen-bond donors (Lipinski definition) is 9. The molecule has 0 aliphatic carbocycles. The molecule has 0 aliphatic rings. The normalized spacial score (nSPS) is 12.1. The Kier molecular flexibility index (Phi) is 21.4. The SMILES string of the molecule is C.NNC(=O)c1ccc(O)c(Cl)c1.[C-]#[N+]c1ccc(C[C@@H](C(=O)NNC(=O)c2ccc(O)c(Cl)c2)[C@H](C)O)c(C)c1Cl.[C-]#[N+]c1ccc(C[C@@H](C(=O)O)[C@H](C)O)c(C)c1Cl. The van der Waals surface area contributed by atoms with Crippen LogP contribution >= 0.6 is 46.4 Å². The van der Waals surface area contributed by atoms with E-state index in [2.05, 4.69) is 20.5 Å². The minimum absolute atomic E-state index is 0. The number of carboxylic acid groups (broad SMARTS) is 1. The zero-order valence-corrected chi connectivity index (χ0v) is 34.9. The quantitative estimate of drug-likeness (QED) is 0.0326. The van der Waals surface area contributed by atoms with Crippen molar-refractivity contribution in [1.82, 2.24) is 16.3 Å². The molecule has 0 bridgehead atoms. The van der Waals surface area contributed by atoms with Gasteiger partial charge in [-0.3, -0.25) is 35.5 Å². The van der Waals surface area contributed by atoms with Crippen LogP contribution in [0.5, 0.6) is 11.5 Å². The second kappa shape index (κ2) is 24.5. The highest BCUT2D eigenvalue weighted by Crippen LogP contribution is 2.33. The van der Waals surface area contributed by atoms with Gasteiger partial charge in [-0.05, 0) is 99.2 Å². The van der Waals surface area contributed by atoms with Crippen molar-refractivity contribution in [2.24, 2.45) is 17.7 Å². The number of nitrogen functional groups attached to an aromatic ring is 1. The Bertz CT molecular complexity index is 2280. The molecular weight excluding hydrogens is 862 g/mol. The molecule has 4 aromatic rings. The molecule has 0 heterocycles. The number of hydrogen-bond acceptors (Lipinski definition) is 9. The monoisotopic (exact) mass is 904 g/mol. The van der Waals surface area contributed by atoms with E-state index in [0.29, 0.717) is 43.7 Å². The number of halogens is 4. The number of carbonyl (C=O) groups is 4. The summed E-state index contributed by atoms with van der Waals surface area (Å²) in [6, 6.07) is 14.4. The van der Waals surface area contributed by atoms with Crippen LogP contribution in [-0.4, -0.2) is 61.4 Å². The maximum absolute atomic E-state index is 12.5. The predicted molar refractivity (Wildman–Crippen MR) is 231 cm³/mol. The van der Waals surface area contributed by atoms with Crippen molar-refractivity contribution in [2.75, 3.05) is 0 Å². The van der Waals surface area contributed by atoms with E-state index >= 15 is 0 Å². The van der Waals surface area contributed by atoms with E-state index < -0.39 is 47.7 Å². The summed E-state index contributed by atoms with van der Waals surface area (Å²) in [4.78, 5) is 53.2. The first-order chi connectivity index (χ1) is 27.7. The summed E-state index contributed by atoms with van der Waals surface area (Å²) in [7, 11) is 0. The third-order valence-electron chi connectivity index (χ3n) is 8.75. The molecule has 4 aromatic carbocycles. The van der Waals surface area contributed by atoms with Gasteiger partial charge in [0.2, 0.25) is 17.3 Å². The number of benzene rings is 4. The summed E-state index contributed by atoms with van der Waals surface area (Å²) >= 11 is 23.5. The highest BCUT2D eigenvalue weighted by atomic mass is 35.5. The highest BCUT2D eigenvalue weighted by molar-refractivity contribution is 6.34. The minimum atomic E-state index is -1.05. The average Bonchev–Trinajstić information content (AvgIpc) is 3.19. The van der Waals surface area contributed by atoms with Crippen LogP contribution in [0.3, 0.4) is 0 Å². The van der Waals surface area contributed by atoms with Crippen LogP contribution in [0.4, 0.5) is 11.4 Å². The van der Waals surface area contributed by atoms with Gasteiger partial charge in [-0.1, -0.05) is 78.1 Å². The molecule has 60 heavy (non-hydrogen) atoms. The molecule has 0 unspecified atom stereocenters. The fourth-order valence-electron chi connectivity index (χ4n) is 5.12. The van der Waals surface area contributed by atoms with Crippen molar-refractivity contribution in [3.63, 3.8) is 0 Å². The molecular formula is C41H44Cl4N6O9. The Morgan fingerprint density at radius 2 is 1.08 bits per heavy atom. The van der Waals surface area contributed by atoms with Crippen molar-refractivity contribution in [3.05, 3.63) is 137 Å². The molecule has 10 N–H and O–H groups in total. The predicted octanol–water partition coefficient (Wildman–Crippen LogP) is 7.67. The number of nitrogens with two attached hydrogens (primary N) is 1. The topological polar surface area (TPSA) is 240 Å². The van der Waals surface area contributed by atoms with Gasteiger partial charge in [-0.15, -0.1) is 0 Å². The Balaban J connectivity index is 0.000000494. The number of amides is 3. The van der Waals surface area contributed by atoms with E-state index in [0.717, 1.165) is 5.56 Å². The number of carbonyl (C=O) groups excluding carboxylic acids is 3. The Morgan fingerprint density at radius 3 is 1.43 bits per heavy atom. The average molecular weight is 907 g/mol. The van der Waals surface area contributed by atoms with E-state index in [1.165, 1.54) is 50.2 Å². The summed E-state index contributed by atoms with van der Waals surface area (Å²) in [5.74, 6) is 0.189. The van der Waals surface area contributed by atoms with Gasteiger partial charge in [0, 0.05) is 11.1 Å². The fraction of sp³-hybridized carbons (Fsp3) is 0.268. The molecule has 4 atom stereocenters. The first-order valence-electron chi connectivity index (χ1n) is 17.2. The lowest BCUT2D eigenvalue weighted by atomic mass is 9.91. The van der Waals surface area contributed by atoms with Crippen LogP contribution in [0.15, 0.2) is 60.7 Å². The number of nitrogens with zero attached hydrogens (tertiary/aromatic N) is 2. The van der Waals surface area contributed by atoms with Gasteiger partial charge >= 0.3 is 5.97 Å². The molecule has 0 saturated heterocycles. The summed E-state index contributed by atoms with van der Waals surface area (Å²) < 4.78 is 0. The van der Waals surface area contributed by atoms with Gasteiger partial charge < -0.3 is 25.5 Å². The number of aliphatic hydroxyl groups excluding tert-OH is 2. The number of aliphatic carboxylic acids is 1. The Morgan fingerprint density at radius 1 is 0.683 bits per heavy atom. The van der Waals surface area contributed by atoms with E-state index in [9.17, 15) is 34.5 Å². The van der Waals surface area contributed by atoms with Crippen LogP contribution in [0.25, 0.3) is 9.69 Å². The molecule has 0 aliphatic heterocycles. The molecule has 0 radical (unpaired) electrons. The van der Waals surface area contributed by atoms with Gasteiger partial charge in [0.05, 0.1) is 57.3 Å². The van der Waals surface area contributed by atoms with Crippen molar-refractivity contribution in [1.29, 1.82) is 0 Å². The van der Waals surface area contributed by atoms with E-state index in [4.69, 9.17) is 75.6 Å². The first kappa shape index (κ1) is 52.4. The lowest BCUT2D eigenvalue weighted by Crippen LogP contribution is -2.47. The van der Waals surface area contributed by atoms with Crippen molar-refractivity contribution < 1.29 is 44.7 Å². The van der Waals surface area contributed by atoms with Gasteiger partial charge in [-0.2, -0.15) is 0 Å². The summed E-state index contributed by atoms with van der Waals surface area (Å²) in [5.41, 5.74) is 10.4. The lowest BCUT2D eigenvalue weighted by molar-refractivity contribution is -0.145. The number of nitrogens with one attached hydrogen (secondary N) is 3. The maximum Gasteiger partial charge on any atom is 0.309 e. The smallest absolute Gasteiger partial charge is 0.309 e. The number of carboxylic acids is 1. The number of aliphatic hydroxyl groups is 2. The number of aromatic hydroxyl groups is 2. The second-order valence-electron chi connectivity index (χ2n) is 12.8. The van der Waals surface area contributed by atoms with Gasteiger partial charge in [-0.25, -0.2) is 15.5 Å². The highest BCUT2D eigenvalue weighted by Gasteiger charge is 2.27. The summed E-state index contributed by atoms with van der Waals surface area (Å²) in [5, 5.41) is 47.7. The maximum atomic E-state index is 12.5. The number of rotatable bonds is 10. The van der Waals surface area contributed by atoms with Gasteiger partial charge in [0.15, 0.2) is 0 Å². The third kappa shape index (κ3) is 14.6. The van der Waals surface area contributed by atoms with Crippen molar-refractivity contribution >= 4 is 81.5 Å². The van der Waals surface area contributed by atoms with Crippen molar-refractivity contribution in [2.45, 2.75) is 60.2 Å². The molecule has 19 heteroatoms. The molecule has 0 spiro atoms. The Hall–Kier alpha value is -5.62. The van der Waals surface area contributed by atoms with Crippen LogP contribution in [0, 0.1) is 38.8 Å². The van der Waals surface area contributed by atoms with Crippen LogP contribution < -0.4 is 22.1 Å². The number of phenols is 2. The molecule has 15 nitrogen and oxygen atoms in total. The summed E-state index contributed by atoms with van der Waals surface area (Å²) in [6.07, 6.45) is -1.60. The Labute approximate surface area is 367 Å². The molecule has 0 aromatic heterocycles. The van der Waals surface area contributed by atoms with Crippen LogP contribution in [-0.2, 0) is 22.4 Å². The van der Waals surface area contributed by atoms with E-state index in [1.54, 1.807) is 38.1 Å². The molecule has 3 amide bonds. The van der Waals surface area contributed by atoms with E-state index in [1.807, 2.05) is 5.43 Å². The molecule has 0 saturated carbocycles. The lowest BCUT2D eigenvalue weighted by Gasteiger charge is -2.21.